The normalized spacial score (nSPS) is 13.2. The van der Waals surface area contributed by atoms with Gasteiger partial charge in [-0.3, -0.25) is 14.9 Å². The molecule has 0 saturated heterocycles. The molecule has 0 fully saturated rings. The van der Waals surface area contributed by atoms with Gasteiger partial charge in [0.25, 0.3) is 5.91 Å². The summed E-state index contributed by atoms with van der Waals surface area (Å²) in [7, 11) is 0. The van der Waals surface area contributed by atoms with Crippen molar-refractivity contribution in [2.75, 3.05) is 17.2 Å². The molecule has 1 aromatic carbocycles. The molecule has 2 aromatic rings. The summed E-state index contributed by atoms with van der Waals surface area (Å²) < 4.78 is 5.43. The molecule has 2 N–H and O–H groups in total. The van der Waals surface area contributed by atoms with Crippen LogP contribution in [0.4, 0.5) is 15.6 Å². The average Bonchev–Trinajstić information content (AvgIpc) is 3.08. The van der Waals surface area contributed by atoms with Crippen LogP contribution in [0.5, 0.6) is 0 Å². The maximum atomic E-state index is 12.6. The Morgan fingerprint density at radius 2 is 2.03 bits per heavy atom. The van der Waals surface area contributed by atoms with Crippen LogP contribution in [-0.4, -0.2) is 39.9 Å². The van der Waals surface area contributed by atoms with E-state index < -0.39 is 5.60 Å². The first-order valence-corrected chi connectivity index (χ1v) is 10.3. The Hall–Kier alpha value is -3.20. The van der Waals surface area contributed by atoms with Gasteiger partial charge in [-0.1, -0.05) is 24.0 Å². The summed E-state index contributed by atoms with van der Waals surface area (Å²) in [6, 6.07) is 6.59. The molecule has 8 nitrogen and oxygen atoms in total. The van der Waals surface area contributed by atoms with Gasteiger partial charge in [0.2, 0.25) is 5.91 Å². The van der Waals surface area contributed by atoms with Gasteiger partial charge in [-0.05, 0) is 45.0 Å². The molecule has 0 bridgehead atoms. The Bertz CT molecular complexity index is 993. The van der Waals surface area contributed by atoms with Gasteiger partial charge < -0.3 is 15.0 Å². The quantitative estimate of drug-likeness (QED) is 0.721. The first-order chi connectivity index (χ1) is 14.1. The molecule has 0 saturated carbocycles. The van der Waals surface area contributed by atoms with Crippen LogP contribution in [0.3, 0.4) is 0 Å². The third kappa shape index (κ3) is 5.44. The number of fused-ring (bicyclic) bond motifs is 1. The van der Waals surface area contributed by atoms with Crippen molar-refractivity contribution in [1.82, 2.24) is 9.88 Å². The lowest BCUT2D eigenvalue weighted by Gasteiger charge is -2.29. The average molecular weight is 429 g/mol. The third-order valence-electron chi connectivity index (χ3n) is 4.18. The minimum absolute atomic E-state index is 0.334. The van der Waals surface area contributed by atoms with Crippen molar-refractivity contribution >= 4 is 40.1 Å². The number of anilines is 2. The van der Waals surface area contributed by atoms with Gasteiger partial charge in [-0.15, -0.1) is 0 Å². The number of carbonyl (C=O) groups is 3. The summed E-state index contributed by atoms with van der Waals surface area (Å²) in [6.07, 6.45) is 1.41. The highest BCUT2D eigenvalue weighted by Crippen LogP contribution is 2.29. The molecule has 1 aliphatic heterocycles. The smallest absolute Gasteiger partial charge is 0.410 e. The van der Waals surface area contributed by atoms with E-state index in [1.54, 1.807) is 29.2 Å². The maximum absolute atomic E-state index is 12.6. The first kappa shape index (κ1) is 21.5. The Morgan fingerprint density at radius 3 is 2.73 bits per heavy atom. The van der Waals surface area contributed by atoms with Crippen LogP contribution in [0.1, 0.15) is 41.7 Å². The lowest BCUT2D eigenvalue weighted by atomic mass is 10.2. The predicted molar refractivity (Wildman–Crippen MR) is 116 cm³/mol. The topological polar surface area (TPSA) is 101 Å². The van der Waals surface area contributed by atoms with Crippen LogP contribution in [0.2, 0.25) is 0 Å². The largest absolute Gasteiger partial charge is 0.444 e. The van der Waals surface area contributed by atoms with E-state index in [0.29, 0.717) is 35.9 Å². The molecule has 0 unspecified atom stereocenters. The summed E-state index contributed by atoms with van der Waals surface area (Å²) in [4.78, 5) is 43.4. The number of aromatic nitrogens is 1. The van der Waals surface area contributed by atoms with E-state index in [4.69, 9.17) is 4.74 Å². The summed E-state index contributed by atoms with van der Waals surface area (Å²) in [6.45, 7) is 9.82. The monoisotopic (exact) mass is 428 g/mol. The number of rotatable bonds is 4. The lowest BCUT2D eigenvalue weighted by Crippen LogP contribution is -2.39. The molecule has 1 aromatic heterocycles. The van der Waals surface area contributed by atoms with Gasteiger partial charge in [0.1, 0.15) is 5.60 Å². The number of nitrogens with one attached hydrogen (secondary N) is 2. The van der Waals surface area contributed by atoms with Crippen LogP contribution in [-0.2, 0) is 22.5 Å². The number of benzene rings is 1. The Morgan fingerprint density at radius 1 is 1.27 bits per heavy atom. The fourth-order valence-corrected chi connectivity index (χ4v) is 3.85. The van der Waals surface area contributed by atoms with Crippen molar-refractivity contribution in [1.29, 1.82) is 0 Å². The molecule has 0 aliphatic carbocycles. The summed E-state index contributed by atoms with van der Waals surface area (Å²) in [5.41, 5.74) is 1.21. The lowest BCUT2D eigenvalue weighted by molar-refractivity contribution is -0.111. The molecule has 158 valence electrons. The summed E-state index contributed by atoms with van der Waals surface area (Å²) >= 11 is 1.34. The van der Waals surface area contributed by atoms with Crippen molar-refractivity contribution in [3.63, 3.8) is 0 Å². The Labute approximate surface area is 178 Å². The maximum Gasteiger partial charge on any atom is 0.410 e. The second-order valence-corrected chi connectivity index (χ2v) is 8.85. The van der Waals surface area contributed by atoms with Crippen molar-refractivity contribution in [2.45, 2.75) is 39.3 Å². The van der Waals surface area contributed by atoms with E-state index in [-0.39, 0.29) is 17.9 Å². The molecule has 3 rings (SSSR count). The molecule has 3 amide bonds. The fourth-order valence-electron chi connectivity index (χ4n) is 2.83. The zero-order chi connectivity index (χ0) is 21.9. The van der Waals surface area contributed by atoms with Crippen molar-refractivity contribution in [2.24, 2.45) is 0 Å². The van der Waals surface area contributed by atoms with Gasteiger partial charge in [-0.25, -0.2) is 9.78 Å². The third-order valence-corrected chi connectivity index (χ3v) is 5.18. The number of hydrogen-bond acceptors (Lipinski definition) is 6. The van der Waals surface area contributed by atoms with Gasteiger partial charge in [0.05, 0.1) is 12.2 Å². The molecule has 2 heterocycles. The number of ether oxygens (including phenoxy) is 1. The van der Waals surface area contributed by atoms with Gasteiger partial charge in [-0.2, -0.15) is 0 Å². The molecular weight excluding hydrogens is 404 g/mol. The minimum Gasteiger partial charge on any atom is -0.444 e. The fraction of sp³-hybridized carbons (Fsp3) is 0.333. The van der Waals surface area contributed by atoms with Crippen molar-refractivity contribution < 1.29 is 19.1 Å². The van der Waals surface area contributed by atoms with Crippen LogP contribution >= 0.6 is 11.3 Å². The minimum atomic E-state index is -0.552. The summed E-state index contributed by atoms with van der Waals surface area (Å²) in [5.74, 6) is -0.686. The van der Waals surface area contributed by atoms with Crippen LogP contribution in [0.15, 0.2) is 36.9 Å². The van der Waals surface area contributed by atoms with Gasteiger partial charge >= 0.3 is 6.09 Å². The number of hydrogen-bond donors (Lipinski definition) is 2. The van der Waals surface area contributed by atoms with Crippen molar-refractivity contribution in [3.05, 3.63) is 53.1 Å². The van der Waals surface area contributed by atoms with Crippen LogP contribution in [0.25, 0.3) is 0 Å². The molecule has 30 heavy (non-hydrogen) atoms. The molecule has 1 aliphatic rings. The number of thiazole rings is 1. The van der Waals surface area contributed by atoms with E-state index in [2.05, 4.69) is 22.2 Å². The highest BCUT2D eigenvalue weighted by molar-refractivity contribution is 7.15. The highest BCUT2D eigenvalue weighted by atomic mass is 32.1. The molecule has 9 heteroatoms. The molecular formula is C21H24N4O4S. The first-order valence-electron chi connectivity index (χ1n) is 9.46. The standard InChI is InChI=1S/C21H24N4O4S/c1-5-17(26)22-14-8-6-7-13(11-14)18(27)24-19-23-15-9-10-25(12-16(15)30-19)20(28)29-21(2,3)4/h5-8,11H,1,9-10,12H2,2-4H3,(H,22,26)(H,23,24,27). The number of nitrogens with zero attached hydrogens (tertiary/aromatic N) is 2. The number of carbonyl (C=O) groups excluding carboxylic acids is 3. The predicted octanol–water partition coefficient (Wildman–Crippen LogP) is 3.81. The zero-order valence-electron chi connectivity index (χ0n) is 17.2. The van der Waals surface area contributed by atoms with Crippen LogP contribution in [0, 0.1) is 0 Å². The Balaban J connectivity index is 1.66. The molecule has 0 spiro atoms. The molecule has 0 atom stereocenters. The zero-order valence-corrected chi connectivity index (χ0v) is 18.0. The van der Waals surface area contributed by atoms with E-state index in [1.165, 1.54) is 11.3 Å². The molecule has 0 radical (unpaired) electrons. The highest BCUT2D eigenvalue weighted by Gasteiger charge is 2.28. The van der Waals surface area contributed by atoms with E-state index in [9.17, 15) is 14.4 Å². The van der Waals surface area contributed by atoms with Gasteiger partial charge in [0, 0.05) is 29.1 Å². The van der Waals surface area contributed by atoms with E-state index in [1.807, 2.05) is 20.8 Å². The van der Waals surface area contributed by atoms with Crippen molar-refractivity contribution in [3.8, 4) is 0 Å². The Kier molecular flexibility index (Phi) is 6.21. The second kappa shape index (κ2) is 8.66. The van der Waals surface area contributed by atoms with Crippen LogP contribution < -0.4 is 10.6 Å². The van der Waals surface area contributed by atoms with Gasteiger partial charge in [0.15, 0.2) is 5.13 Å². The second-order valence-electron chi connectivity index (χ2n) is 7.77. The van der Waals surface area contributed by atoms with E-state index >= 15 is 0 Å². The number of amides is 3. The summed E-state index contributed by atoms with van der Waals surface area (Å²) in [5, 5.41) is 5.88. The SMILES string of the molecule is C=CC(=O)Nc1cccc(C(=O)Nc2nc3c(s2)CN(C(=O)OC(C)(C)C)CC3)c1. The van der Waals surface area contributed by atoms with E-state index in [0.717, 1.165) is 16.6 Å².